The van der Waals surface area contributed by atoms with Crippen LogP contribution in [0.25, 0.3) is 6.08 Å². The molecule has 1 amide bonds. The van der Waals surface area contributed by atoms with Crippen LogP contribution in [0.5, 0.6) is 11.5 Å². The van der Waals surface area contributed by atoms with Gasteiger partial charge in [0.25, 0.3) is 0 Å². The molecule has 5 nitrogen and oxygen atoms in total. The quantitative estimate of drug-likeness (QED) is 0.781. The highest BCUT2D eigenvalue weighted by Gasteiger charge is 2.18. The number of fused-ring (bicyclic) bond motifs is 1. The molecule has 1 aliphatic rings. The van der Waals surface area contributed by atoms with Gasteiger partial charge in [-0.05, 0) is 26.0 Å². The summed E-state index contributed by atoms with van der Waals surface area (Å²) in [6, 6.07) is 5.79. The van der Waals surface area contributed by atoms with Crippen LogP contribution in [-0.2, 0) is 11.3 Å². The van der Waals surface area contributed by atoms with E-state index in [1.807, 2.05) is 38.1 Å². The highest BCUT2D eigenvalue weighted by atomic mass is 32.1. The van der Waals surface area contributed by atoms with Gasteiger partial charge in [0.15, 0.2) is 11.5 Å². The van der Waals surface area contributed by atoms with E-state index in [9.17, 15) is 4.79 Å². The number of thiazole rings is 1. The van der Waals surface area contributed by atoms with Crippen molar-refractivity contribution in [3.63, 3.8) is 0 Å². The van der Waals surface area contributed by atoms with Crippen LogP contribution in [-0.4, -0.2) is 35.5 Å². The van der Waals surface area contributed by atoms with Gasteiger partial charge in [-0.15, -0.1) is 11.3 Å². The van der Waals surface area contributed by atoms with Gasteiger partial charge < -0.3 is 14.4 Å². The molecule has 1 aliphatic heterocycles. The van der Waals surface area contributed by atoms with Crippen LogP contribution >= 0.6 is 11.3 Å². The molecule has 0 fully saturated rings. The molecular weight excluding hydrogens is 324 g/mol. The highest BCUT2D eigenvalue weighted by molar-refractivity contribution is 7.12. The Morgan fingerprint density at radius 1 is 1.38 bits per heavy atom. The molecule has 1 aromatic heterocycles. The minimum Gasteiger partial charge on any atom is -0.486 e. The van der Waals surface area contributed by atoms with Gasteiger partial charge in [0.2, 0.25) is 5.91 Å². The minimum absolute atomic E-state index is 0.0297. The molecule has 0 bridgehead atoms. The van der Waals surface area contributed by atoms with E-state index in [-0.39, 0.29) is 5.91 Å². The van der Waals surface area contributed by atoms with Crippen LogP contribution in [0, 0.1) is 6.92 Å². The first-order valence-electron chi connectivity index (χ1n) is 7.94. The Labute approximate surface area is 145 Å². The predicted octanol–water partition coefficient (Wildman–Crippen LogP) is 3.28. The second-order valence-corrected chi connectivity index (χ2v) is 6.68. The first-order valence-corrected chi connectivity index (χ1v) is 8.76. The molecule has 6 heteroatoms. The van der Waals surface area contributed by atoms with Gasteiger partial charge in [-0.3, -0.25) is 4.79 Å². The first-order chi connectivity index (χ1) is 11.7. The molecule has 1 aromatic carbocycles. The Hall–Kier alpha value is -2.34. The van der Waals surface area contributed by atoms with E-state index < -0.39 is 0 Å². The average molecular weight is 344 g/mol. The third kappa shape index (κ3) is 3.76. The second-order valence-electron chi connectivity index (χ2n) is 5.41. The average Bonchev–Trinajstić information content (AvgIpc) is 3.03. The van der Waals surface area contributed by atoms with Crippen molar-refractivity contribution in [2.45, 2.75) is 20.4 Å². The van der Waals surface area contributed by atoms with Crippen molar-refractivity contribution in [1.82, 2.24) is 9.88 Å². The summed E-state index contributed by atoms with van der Waals surface area (Å²) in [5.74, 6) is 1.47. The fraction of sp³-hybridized carbons (Fsp3) is 0.333. The number of nitrogens with zero attached hydrogens (tertiary/aromatic N) is 2. The number of para-hydroxylation sites is 1. The number of aryl methyl sites for hydroxylation is 1. The van der Waals surface area contributed by atoms with E-state index in [0.29, 0.717) is 26.3 Å². The third-order valence-electron chi connectivity index (χ3n) is 3.73. The third-order valence-corrected chi connectivity index (χ3v) is 4.61. The first kappa shape index (κ1) is 16.5. The Kier molecular flexibility index (Phi) is 5.15. The number of aromatic nitrogens is 1. The molecule has 0 unspecified atom stereocenters. The maximum absolute atomic E-state index is 12.5. The number of carbonyl (C=O) groups excluding carboxylic acids is 1. The van der Waals surface area contributed by atoms with Crippen molar-refractivity contribution in [2.24, 2.45) is 0 Å². The van der Waals surface area contributed by atoms with E-state index >= 15 is 0 Å². The molecule has 2 aromatic rings. The van der Waals surface area contributed by atoms with Crippen molar-refractivity contribution in [1.29, 1.82) is 0 Å². The number of rotatable bonds is 5. The predicted molar refractivity (Wildman–Crippen MR) is 94.4 cm³/mol. The monoisotopic (exact) mass is 344 g/mol. The summed E-state index contributed by atoms with van der Waals surface area (Å²) in [6.45, 7) is 6.13. The van der Waals surface area contributed by atoms with E-state index in [4.69, 9.17) is 9.47 Å². The van der Waals surface area contributed by atoms with Crippen molar-refractivity contribution < 1.29 is 14.3 Å². The summed E-state index contributed by atoms with van der Waals surface area (Å²) >= 11 is 1.57. The van der Waals surface area contributed by atoms with Gasteiger partial charge in [-0.1, -0.05) is 12.1 Å². The Morgan fingerprint density at radius 3 is 2.96 bits per heavy atom. The molecule has 0 saturated carbocycles. The molecule has 2 heterocycles. The van der Waals surface area contributed by atoms with Gasteiger partial charge in [0.05, 0.1) is 5.01 Å². The molecule has 0 saturated heterocycles. The second kappa shape index (κ2) is 7.49. The normalized spacial score (nSPS) is 13.2. The Balaban J connectivity index is 1.72. The Bertz CT molecular complexity index is 754. The van der Waals surface area contributed by atoms with Crippen LogP contribution in [0.1, 0.15) is 22.4 Å². The van der Waals surface area contributed by atoms with Gasteiger partial charge in [0.1, 0.15) is 13.2 Å². The fourth-order valence-corrected chi connectivity index (χ4v) is 3.21. The van der Waals surface area contributed by atoms with Gasteiger partial charge >= 0.3 is 0 Å². The number of likely N-dealkylation sites (N-methyl/N-ethyl adjacent to an activating group) is 1. The standard InChI is InChI=1S/C18H20N2O3S/c1-3-20(17(21)8-7-15-11-19-13(2)24-15)12-14-5-4-6-16-18(14)23-10-9-22-16/h4-8,11H,3,9-10,12H2,1-2H3. The molecule has 0 radical (unpaired) electrons. The molecule has 126 valence electrons. The molecule has 0 atom stereocenters. The van der Waals surface area contributed by atoms with E-state index in [1.54, 1.807) is 28.5 Å². The molecule has 0 spiro atoms. The smallest absolute Gasteiger partial charge is 0.246 e. The lowest BCUT2D eigenvalue weighted by Gasteiger charge is -2.24. The fourth-order valence-electron chi connectivity index (χ4n) is 2.52. The van der Waals surface area contributed by atoms with Crippen molar-refractivity contribution in [3.8, 4) is 11.5 Å². The molecule has 24 heavy (non-hydrogen) atoms. The van der Waals surface area contributed by atoms with Crippen molar-refractivity contribution in [2.75, 3.05) is 19.8 Å². The van der Waals surface area contributed by atoms with Crippen molar-refractivity contribution in [3.05, 3.63) is 45.9 Å². The number of hydrogen-bond donors (Lipinski definition) is 0. The van der Waals surface area contributed by atoms with E-state index in [1.165, 1.54) is 0 Å². The summed E-state index contributed by atoms with van der Waals surface area (Å²) < 4.78 is 11.3. The molecule has 0 aliphatic carbocycles. The van der Waals surface area contributed by atoms with E-state index in [2.05, 4.69) is 4.98 Å². The zero-order chi connectivity index (χ0) is 16.9. The summed E-state index contributed by atoms with van der Waals surface area (Å²) in [5.41, 5.74) is 0.962. The zero-order valence-corrected chi connectivity index (χ0v) is 14.6. The zero-order valence-electron chi connectivity index (χ0n) is 13.8. The van der Waals surface area contributed by atoms with Crippen LogP contribution in [0.3, 0.4) is 0 Å². The summed E-state index contributed by atoms with van der Waals surface area (Å²) in [5, 5.41) is 0.988. The largest absolute Gasteiger partial charge is 0.486 e. The van der Waals surface area contributed by atoms with Crippen LogP contribution in [0.4, 0.5) is 0 Å². The molecule has 0 N–H and O–H groups in total. The number of ether oxygens (including phenoxy) is 2. The van der Waals surface area contributed by atoms with E-state index in [0.717, 1.165) is 26.9 Å². The SMILES string of the molecule is CCN(Cc1cccc2c1OCCO2)C(=O)C=Cc1cnc(C)s1. The highest BCUT2D eigenvalue weighted by Crippen LogP contribution is 2.34. The van der Waals surface area contributed by atoms with Crippen LogP contribution in [0.2, 0.25) is 0 Å². The van der Waals surface area contributed by atoms with Crippen molar-refractivity contribution >= 4 is 23.3 Å². The number of benzene rings is 1. The summed E-state index contributed by atoms with van der Waals surface area (Å²) in [6.07, 6.45) is 5.19. The van der Waals surface area contributed by atoms with Gasteiger partial charge in [-0.25, -0.2) is 4.98 Å². The minimum atomic E-state index is -0.0297. The molecular formula is C18H20N2O3S. The maximum atomic E-state index is 12.5. The Morgan fingerprint density at radius 2 is 2.21 bits per heavy atom. The molecule has 3 rings (SSSR count). The lowest BCUT2D eigenvalue weighted by Crippen LogP contribution is -2.29. The van der Waals surface area contributed by atoms with Crippen LogP contribution < -0.4 is 9.47 Å². The van der Waals surface area contributed by atoms with Gasteiger partial charge in [0, 0.05) is 35.8 Å². The topological polar surface area (TPSA) is 51.7 Å². The number of amides is 1. The maximum Gasteiger partial charge on any atom is 0.246 e. The number of carbonyl (C=O) groups is 1. The number of hydrogen-bond acceptors (Lipinski definition) is 5. The summed E-state index contributed by atoms with van der Waals surface area (Å²) in [7, 11) is 0. The summed E-state index contributed by atoms with van der Waals surface area (Å²) in [4.78, 5) is 19.4. The lowest BCUT2D eigenvalue weighted by atomic mass is 10.1. The lowest BCUT2D eigenvalue weighted by molar-refractivity contribution is -0.126. The van der Waals surface area contributed by atoms with Gasteiger partial charge in [-0.2, -0.15) is 0 Å². The van der Waals surface area contributed by atoms with Crippen LogP contribution in [0.15, 0.2) is 30.5 Å².